The maximum absolute atomic E-state index is 13.2. The molecule has 1 aromatic heterocycles. The minimum atomic E-state index is -1.00. The molecule has 1 unspecified atom stereocenters. The van der Waals surface area contributed by atoms with Crippen molar-refractivity contribution in [3.05, 3.63) is 82.3 Å². The Morgan fingerprint density at radius 1 is 1.06 bits per heavy atom. The number of anilines is 1. The SMILES string of the molecule is COc1cccc(N2C(=O)C(=O)/C(=C(\O)c3cc(Cl)ccc3OC)C2c2ccc(C)o2)c1. The van der Waals surface area contributed by atoms with Crippen molar-refractivity contribution in [1.82, 2.24) is 0 Å². The lowest BCUT2D eigenvalue weighted by Gasteiger charge is -2.24. The average Bonchev–Trinajstić information content (AvgIpc) is 3.34. The van der Waals surface area contributed by atoms with Crippen molar-refractivity contribution in [1.29, 1.82) is 0 Å². The smallest absolute Gasteiger partial charge is 0.300 e. The van der Waals surface area contributed by atoms with E-state index >= 15 is 0 Å². The molecule has 1 aliphatic heterocycles. The number of nitrogens with zero attached hydrogens (tertiary/aromatic N) is 1. The van der Waals surface area contributed by atoms with Gasteiger partial charge in [-0.05, 0) is 49.4 Å². The highest BCUT2D eigenvalue weighted by atomic mass is 35.5. The van der Waals surface area contributed by atoms with E-state index in [0.717, 1.165) is 0 Å². The summed E-state index contributed by atoms with van der Waals surface area (Å²) < 4.78 is 16.4. The molecule has 1 saturated heterocycles. The molecule has 8 heteroatoms. The van der Waals surface area contributed by atoms with Crippen LogP contribution in [0.5, 0.6) is 11.5 Å². The molecular weight excluding hydrogens is 434 g/mol. The summed E-state index contributed by atoms with van der Waals surface area (Å²) in [6.45, 7) is 1.75. The van der Waals surface area contributed by atoms with Gasteiger partial charge >= 0.3 is 0 Å². The average molecular weight is 454 g/mol. The highest BCUT2D eigenvalue weighted by Gasteiger charge is 2.48. The fourth-order valence-electron chi connectivity index (χ4n) is 3.74. The molecule has 1 amide bonds. The molecule has 1 aliphatic rings. The number of halogens is 1. The second-order valence-electron chi connectivity index (χ2n) is 7.16. The lowest BCUT2D eigenvalue weighted by molar-refractivity contribution is -0.132. The number of carbonyl (C=O) groups excluding carboxylic acids is 2. The van der Waals surface area contributed by atoms with Crippen LogP contribution >= 0.6 is 11.6 Å². The first-order valence-corrected chi connectivity index (χ1v) is 10.1. The first-order valence-electron chi connectivity index (χ1n) is 9.71. The second kappa shape index (κ2) is 8.43. The fourth-order valence-corrected chi connectivity index (χ4v) is 3.91. The molecule has 164 valence electrons. The molecule has 0 bridgehead atoms. The van der Waals surface area contributed by atoms with E-state index in [2.05, 4.69) is 0 Å². The number of methoxy groups -OCH3 is 2. The molecule has 7 nitrogen and oxygen atoms in total. The Labute approximate surface area is 189 Å². The second-order valence-corrected chi connectivity index (χ2v) is 7.60. The van der Waals surface area contributed by atoms with Crippen LogP contribution in [0.1, 0.15) is 23.1 Å². The molecule has 0 aliphatic carbocycles. The van der Waals surface area contributed by atoms with Gasteiger partial charge in [0, 0.05) is 16.8 Å². The number of benzene rings is 2. The van der Waals surface area contributed by atoms with Crippen molar-refractivity contribution in [2.24, 2.45) is 0 Å². The zero-order valence-corrected chi connectivity index (χ0v) is 18.3. The molecule has 0 saturated carbocycles. The molecule has 2 heterocycles. The normalized spacial score (nSPS) is 17.6. The zero-order chi connectivity index (χ0) is 23.0. The van der Waals surface area contributed by atoms with Gasteiger partial charge in [0.25, 0.3) is 11.7 Å². The van der Waals surface area contributed by atoms with Gasteiger partial charge in [-0.3, -0.25) is 14.5 Å². The monoisotopic (exact) mass is 453 g/mol. The van der Waals surface area contributed by atoms with Crippen molar-refractivity contribution < 1.29 is 28.6 Å². The van der Waals surface area contributed by atoms with Crippen molar-refractivity contribution in [3.63, 3.8) is 0 Å². The van der Waals surface area contributed by atoms with E-state index in [1.165, 1.54) is 25.2 Å². The summed E-state index contributed by atoms with van der Waals surface area (Å²) in [7, 11) is 2.94. The maximum Gasteiger partial charge on any atom is 0.300 e. The van der Waals surface area contributed by atoms with Crippen LogP contribution in [0.3, 0.4) is 0 Å². The summed E-state index contributed by atoms with van der Waals surface area (Å²) in [6, 6.07) is 13.8. The van der Waals surface area contributed by atoms with Gasteiger partial charge in [0.15, 0.2) is 0 Å². The molecular formula is C24H20ClNO6. The number of hydrogen-bond acceptors (Lipinski definition) is 6. The maximum atomic E-state index is 13.2. The van der Waals surface area contributed by atoms with Gasteiger partial charge < -0.3 is 19.0 Å². The number of furan rings is 1. The summed E-state index contributed by atoms with van der Waals surface area (Å²) in [4.78, 5) is 27.6. The van der Waals surface area contributed by atoms with Crippen LogP contribution < -0.4 is 14.4 Å². The molecule has 2 aromatic carbocycles. The van der Waals surface area contributed by atoms with Gasteiger partial charge in [-0.25, -0.2) is 0 Å². The van der Waals surface area contributed by atoms with Crippen LogP contribution in [0.15, 0.2) is 64.6 Å². The largest absolute Gasteiger partial charge is 0.507 e. The van der Waals surface area contributed by atoms with Crippen LogP contribution in [0.25, 0.3) is 5.76 Å². The standard InChI is InChI=1S/C24H20ClNO6/c1-13-7-9-19(32-13)21-20(22(27)17-11-14(25)8-10-18(17)31-3)23(28)24(29)26(21)15-5-4-6-16(12-15)30-2/h4-12,21,27H,1-3H3/b22-20-. The number of carbonyl (C=O) groups is 2. The number of amides is 1. The van der Waals surface area contributed by atoms with E-state index in [1.54, 1.807) is 55.5 Å². The molecule has 0 spiro atoms. The summed E-state index contributed by atoms with van der Waals surface area (Å²) in [5, 5.41) is 11.6. The Balaban J connectivity index is 1.97. The quantitative estimate of drug-likeness (QED) is 0.336. The highest BCUT2D eigenvalue weighted by Crippen LogP contribution is 2.44. The van der Waals surface area contributed by atoms with Crippen LogP contribution in [0.2, 0.25) is 5.02 Å². The van der Waals surface area contributed by atoms with Crippen LogP contribution in [-0.2, 0) is 9.59 Å². The molecule has 1 fully saturated rings. The van der Waals surface area contributed by atoms with Crippen LogP contribution in [0.4, 0.5) is 5.69 Å². The number of ketones is 1. The van der Waals surface area contributed by atoms with Gasteiger partial charge in [0.2, 0.25) is 0 Å². The number of rotatable bonds is 5. The predicted molar refractivity (Wildman–Crippen MR) is 119 cm³/mol. The molecule has 32 heavy (non-hydrogen) atoms. The number of aryl methyl sites for hydroxylation is 1. The minimum absolute atomic E-state index is 0.132. The van der Waals surface area contributed by atoms with E-state index in [0.29, 0.717) is 33.7 Å². The van der Waals surface area contributed by atoms with Crippen molar-refractivity contribution in [2.75, 3.05) is 19.1 Å². The first-order chi connectivity index (χ1) is 15.3. The summed E-state index contributed by atoms with van der Waals surface area (Å²) in [5.41, 5.74) is 0.479. The number of aliphatic hydroxyl groups excluding tert-OH is 1. The molecule has 1 N–H and O–H groups in total. The third-order valence-electron chi connectivity index (χ3n) is 5.22. The topological polar surface area (TPSA) is 89.2 Å². The van der Waals surface area contributed by atoms with Gasteiger partial charge in [-0.2, -0.15) is 0 Å². The van der Waals surface area contributed by atoms with Crippen LogP contribution in [-0.4, -0.2) is 31.0 Å². The third kappa shape index (κ3) is 3.61. The van der Waals surface area contributed by atoms with E-state index in [9.17, 15) is 14.7 Å². The predicted octanol–water partition coefficient (Wildman–Crippen LogP) is 4.88. The van der Waals surface area contributed by atoms with E-state index < -0.39 is 23.5 Å². The van der Waals surface area contributed by atoms with E-state index in [-0.39, 0.29) is 11.1 Å². The molecule has 3 aromatic rings. The first kappa shape index (κ1) is 21.5. The number of Topliss-reactive ketones (excluding diaryl/α,β-unsaturated/α-hetero) is 1. The van der Waals surface area contributed by atoms with Gasteiger partial charge in [-0.15, -0.1) is 0 Å². The lowest BCUT2D eigenvalue weighted by atomic mass is 9.98. The molecule has 1 atom stereocenters. The van der Waals surface area contributed by atoms with Crippen molar-refractivity contribution >= 4 is 34.7 Å². The third-order valence-corrected chi connectivity index (χ3v) is 5.46. The Morgan fingerprint density at radius 3 is 2.50 bits per heavy atom. The minimum Gasteiger partial charge on any atom is -0.507 e. The highest BCUT2D eigenvalue weighted by molar-refractivity contribution is 6.51. The zero-order valence-electron chi connectivity index (χ0n) is 17.6. The number of hydrogen-bond donors (Lipinski definition) is 1. The van der Waals surface area contributed by atoms with E-state index in [4.69, 9.17) is 25.5 Å². The Morgan fingerprint density at radius 2 is 1.84 bits per heavy atom. The van der Waals surface area contributed by atoms with Crippen LogP contribution in [0, 0.1) is 6.92 Å². The number of aliphatic hydroxyl groups is 1. The Bertz CT molecular complexity index is 1240. The number of ether oxygens (including phenoxy) is 2. The Kier molecular flexibility index (Phi) is 5.67. The van der Waals surface area contributed by atoms with Gasteiger partial charge in [0.05, 0.1) is 25.4 Å². The lowest BCUT2D eigenvalue weighted by Crippen LogP contribution is -2.29. The molecule has 4 rings (SSSR count). The molecule has 0 radical (unpaired) electrons. The van der Waals surface area contributed by atoms with Crippen molar-refractivity contribution in [3.8, 4) is 11.5 Å². The summed E-state index contributed by atoms with van der Waals surface area (Å²) >= 11 is 6.12. The van der Waals surface area contributed by atoms with Gasteiger partial charge in [0.1, 0.15) is 34.8 Å². The summed E-state index contributed by atoms with van der Waals surface area (Å²) in [5.74, 6) is -0.342. The Hall–Kier alpha value is -3.71. The summed E-state index contributed by atoms with van der Waals surface area (Å²) in [6.07, 6.45) is 0. The van der Waals surface area contributed by atoms with Crippen molar-refractivity contribution in [2.45, 2.75) is 13.0 Å². The van der Waals surface area contributed by atoms with E-state index in [1.807, 2.05) is 0 Å². The fraction of sp³-hybridized carbons (Fsp3) is 0.167. The van der Waals surface area contributed by atoms with Gasteiger partial charge in [-0.1, -0.05) is 17.7 Å².